The van der Waals surface area contributed by atoms with E-state index in [1.165, 1.54) is 0 Å². The van der Waals surface area contributed by atoms with Crippen molar-refractivity contribution in [2.24, 2.45) is 0 Å². The monoisotopic (exact) mass is 286 g/mol. The molecule has 0 bridgehead atoms. The van der Waals surface area contributed by atoms with Gasteiger partial charge in [0.25, 0.3) is 5.91 Å². The van der Waals surface area contributed by atoms with Crippen molar-refractivity contribution >= 4 is 34.1 Å². The number of benzene rings is 1. The summed E-state index contributed by atoms with van der Waals surface area (Å²) in [4.78, 5) is 16.2. The molecule has 0 fully saturated rings. The van der Waals surface area contributed by atoms with Crippen LogP contribution >= 0.6 is 11.6 Å². The van der Waals surface area contributed by atoms with Crippen molar-refractivity contribution in [2.75, 3.05) is 5.32 Å². The van der Waals surface area contributed by atoms with Crippen LogP contribution in [0.25, 0.3) is 10.9 Å². The molecule has 0 atom stereocenters. The first-order chi connectivity index (χ1) is 9.65. The molecule has 20 heavy (non-hydrogen) atoms. The number of anilines is 1. The second-order valence-corrected chi connectivity index (χ2v) is 4.78. The number of rotatable bonds is 2. The predicted molar refractivity (Wildman–Crippen MR) is 78.0 cm³/mol. The summed E-state index contributed by atoms with van der Waals surface area (Å²) in [6.45, 7) is 1.86. The van der Waals surface area contributed by atoms with Gasteiger partial charge in [0, 0.05) is 17.1 Å². The van der Waals surface area contributed by atoms with Crippen LogP contribution in [0.1, 0.15) is 15.9 Å². The third kappa shape index (κ3) is 2.23. The van der Waals surface area contributed by atoms with Gasteiger partial charge in [-0.1, -0.05) is 17.7 Å². The van der Waals surface area contributed by atoms with Gasteiger partial charge in [-0.2, -0.15) is 5.10 Å². The zero-order valence-corrected chi connectivity index (χ0v) is 11.4. The smallest absolute Gasteiger partial charge is 0.255 e. The minimum Gasteiger partial charge on any atom is -0.319 e. The largest absolute Gasteiger partial charge is 0.319 e. The number of aromatic amines is 1. The highest BCUT2D eigenvalue weighted by Crippen LogP contribution is 2.23. The molecule has 0 aliphatic rings. The number of nitrogens with zero attached hydrogens (tertiary/aromatic N) is 2. The van der Waals surface area contributed by atoms with Gasteiger partial charge in [0.05, 0.1) is 17.4 Å². The van der Waals surface area contributed by atoms with Crippen molar-refractivity contribution in [3.63, 3.8) is 0 Å². The molecule has 1 aromatic carbocycles. The fourth-order valence-electron chi connectivity index (χ4n) is 1.94. The third-order valence-corrected chi connectivity index (χ3v) is 3.34. The molecule has 6 heteroatoms. The number of amides is 1. The number of hydrogen-bond donors (Lipinski definition) is 2. The highest BCUT2D eigenvalue weighted by atomic mass is 35.5. The first-order valence-corrected chi connectivity index (χ1v) is 6.38. The standard InChI is InChI=1S/C14H11ClN4O/c1-8-4-5-16-13(15)12(8)18-14(20)9-2-3-10-7-17-19-11(10)6-9/h2-7H,1H3,(H,17,19)(H,18,20). The van der Waals surface area contributed by atoms with Gasteiger partial charge in [0.2, 0.25) is 0 Å². The number of pyridine rings is 1. The number of aryl methyl sites for hydroxylation is 1. The average Bonchev–Trinajstić information content (AvgIpc) is 2.90. The molecule has 2 aromatic heterocycles. The summed E-state index contributed by atoms with van der Waals surface area (Å²) in [6.07, 6.45) is 3.31. The zero-order valence-electron chi connectivity index (χ0n) is 10.6. The molecule has 0 unspecified atom stereocenters. The van der Waals surface area contributed by atoms with Crippen molar-refractivity contribution < 1.29 is 4.79 Å². The van der Waals surface area contributed by atoms with Gasteiger partial charge in [-0.3, -0.25) is 9.89 Å². The molecule has 1 amide bonds. The van der Waals surface area contributed by atoms with Crippen LogP contribution in [0.3, 0.4) is 0 Å². The van der Waals surface area contributed by atoms with Gasteiger partial charge in [-0.25, -0.2) is 4.98 Å². The Morgan fingerprint density at radius 2 is 2.20 bits per heavy atom. The first-order valence-electron chi connectivity index (χ1n) is 6.01. The van der Waals surface area contributed by atoms with Crippen LogP contribution in [-0.2, 0) is 0 Å². The molecule has 2 heterocycles. The Morgan fingerprint density at radius 3 is 3.00 bits per heavy atom. The van der Waals surface area contributed by atoms with E-state index in [1.807, 2.05) is 13.0 Å². The quantitative estimate of drug-likeness (QED) is 0.711. The van der Waals surface area contributed by atoms with Crippen LogP contribution in [0.15, 0.2) is 36.7 Å². The van der Waals surface area contributed by atoms with Gasteiger partial charge in [-0.15, -0.1) is 0 Å². The topological polar surface area (TPSA) is 70.7 Å². The lowest BCUT2D eigenvalue weighted by Crippen LogP contribution is -2.13. The highest BCUT2D eigenvalue weighted by Gasteiger charge is 2.12. The van der Waals surface area contributed by atoms with Gasteiger partial charge >= 0.3 is 0 Å². The van der Waals surface area contributed by atoms with Gasteiger partial charge < -0.3 is 5.32 Å². The fourth-order valence-corrected chi connectivity index (χ4v) is 2.19. The Hall–Kier alpha value is -2.40. The molecule has 0 aliphatic heterocycles. The Bertz CT molecular complexity index is 776. The fraction of sp³-hybridized carbons (Fsp3) is 0.0714. The number of fused-ring (bicyclic) bond motifs is 1. The number of carbonyl (C=O) groups is 1. The summed E-state index contributed by atoms with van der Waals surface area (Å²) in [7, 11) is 0. The number of halogens is 1. The summed E-state index contributed by atoms with van der Waals surface area (Å²) in [5.41, 5.74) is 2.73. The van der Waals surface area contributed by atoms with Crippen LogP contribution in [0.5, 0.6) is 0 Å². The van der Waals surface area contributed by atoms with Crippen molar-refractivity contribution in [3.8, 4) is 0 Å². The molecular formula is C14H11ClN4O. The van der Waals surface area contributed by atoms with Gasteiger partial charge in [-0.05, 0) is 30.7 Å². The van der Waals surface area contributed by atoms with Gasteiger partial charge in [0.1, 0.15) is 0 Å². The Kier molecular flexibility index (Phi) is 3.12. The van der Waals surface area contributed by atoms with E-state index in [9.17, 15) is 4.79 Å². The number of carbonyl (C=O) groups excluding carboxylic acids is 1. The number of nitrogens with one attached hydrogen (secondary N) is 2. The normalized spacial score (nSPS) is 10.7. The van der Waals surface area contributed by atoms with E-state index in [4.69, 9.17) is 11.6 Å². The molecule has 100 valence electrons. The van der Waals surface area contributed by atoms with E-state index >= 15 is 0 Å². The van der Waals surface area contributed by atoms with Crippen molar-refractivity contribution in [1.29, 1.82) is 0 Å². The van der Waals surface area contributed by atoms with E-state index in [0.717, 1.165) is 16.5 Å². The maximum Gasteiger partial charge on any atom is 0.255 e. The molecule has 3 rings (SSSR count). The predicted octanol–water partition coefficient (Wildman–Crippen LogP) is 3.17. The lowest BCUT2D eigenvalue weighted by molar-refractivity contribution is 0.102. The minimum absolute atomic E-state index is 0.237. The maximum absolute atomic E-state index is 12.3. The molecular weight excluding hydrogens is 276 g/mol. The molecule has 0 radical (unpaired) electrons. The lowest BCUT2D eigenvalue weighted by atomic mass is 10.1. The SMILES string of the molecule is Cc1ccnc(Cl)c1NC(=O)c1ccc2cn[nH]c2c1. The second-order valence-electron chi connectivity index (χ2n) is 4.42. The number of aromatic nitrogens is 3. The minimum atomic E-state index is -0.237. The van der Waals surface area contributed by atoms with Crippen LogP contribution in [-0.4, -0.2) is 21.1 Å². The number of H-pyrrole nitrogens is 1. The van der Waals surface area contributed by atoms with E-state index in [2.05, 4.69) is 20.5 Å². The first kappa shape index (κ1) is 12.6. The Morgan fingerprint density at radius 1 is 1.35 bits per heavy atom. The van der Waals surface area contributed by atoms with Crippen molar-refractivity contribution in [1.82, 2.24) is 15.2 Å². The summed E-state index contributed by atoms with van der Waals surface area (Å²) < 4.78 is 0. The third-order valence-electron chi connectivity index (χ3n) is 3.06. The molecule has 0 saturated carbocycles. The number of hydrogen-bond acceptors (Lipinski definition) is 3. The van der Waals surface area contributed by atoms with E-state index in [1.54, 1.807) is 30.6 Å². The van der Waals surface area contributed by atoms with Gasteiger partial charge in [0.15, 0.2) is 5.15 Å². The van der Waals surface area contributed by atoms with Crippen LogP contribution in [0.2, 0.25) is 5.15 Å². The van der Waals surface area contributed by atoms with E-state index < -0.39 is 0 Å². The Balaban J connectivity index is 1.92. The molecule has 5 nitrogen and oxygen atoms in total. The molecule has 2 N–H and O–H groups in total. The summed E-state index contributed by atoms with van der Waals surface area (Å²) in [5, 5.41) is 10.8. The summed E-state index contributed by atoms with van der Waals surface area (Å²) in [5.74, 6) is -0.237. The Labute approximate surface area is 120 Å². The summed E-state index contributed by atoms with van der Waals surface area (Å²) in [6, 6.07) is 7.12. The average molecular weight is 287 g/mol. The second kappa shape index (κ2) is 4.94. The van der Waals surface area contributed by atoms with Crippen molar-refractivity contribution in [2.45, 2.75) is 6.92 Å². The maximum atomic E-state index is 12.3. The zero-order chi connectivity index (χ0) is 14.1. The highest BCUT2D eigenvalue weighted by molar-refractivity contribution is 6.32. The lowest BCUT2D eigenvalue weighted by Gasteiger charge is -2.09. The van der Waals surface area contributed by atoms with E-state index in [-0.39, 0.29) is 11.1 Å². The van der Waals surface area contributed by atoms with Crippen LogP contribution in [0, 0.1) is 6.92 Å². The van der Waals surface area contributed by atoms with Crippen molar-refractivity contribution in [3.05, 3.63) is 52.9 Å². The van der Waals surface area contributed by atoms with E-state index in [0.29, 0.717) is 11.3 Å². The summed E-state index contributed by atoms with van der Waals surface area (Å²) >= 11 is 6.00. The van der Waals surface area contributed by atoms with Crippen LogP contribution < -0.4 is 5.32 Å². The molecule has 0 spiro atoms. The van der Waals surface area contributed by atoms with Crippen LogP contribution in [0.4, 0.5) is 5.69 Å². The molecule has 0 saturated heterocycles. The molecule has 0 aliphatic carbocycles. The molecule has 3 aromatic rings.